The number of hydrogen-bond acceptors (Lipinski definition) is 3. The SMILES string of the molecule is COc1c(C(N)=S)cnc2ccccc12. The first-order chi connectivity index (χ1) is 7.24. The van der Waals surface area contributed by atoms with Gasteiger partial charge in [0, 0.05) is 11.6 Å². The molecule has 15 heavy (non-hydrogen) atoms. The van der Waals surface area contributed by atoms with Crippen molar-refractivity contribution in [1.82, 2.24) is 4.98 Å². The number of nitrogens with zero attached hydrogens (tertiary/aromatic N) is 1. The van der Waals surface area contributed by atoms with E-state index < -0.39 is 0 Å². The highest BCUT2D eigenvalue weighted by atomic mass is 32.1. The van der Waals surface area contributed by atoms with Crippen LogP contribution in [0.15, 0.2) is 30.5 Å². The molecule has 2 aromatic rings. The van der Waals surface area contributed by atoms with Crippen LogP contribution in [-0.4, -0.2) is 17.1 Å². The topological polar surface area (TPSA) is 48.1 Å². The molecule has 0 aliphatic carbocycles. The van der Waals surface area contributed by atoms with Crippen molar-refractivity contribution in [3.05, 3.63) is 36.0 Å². The van der Waals surface area contributed by atoms with Gasteiger partial charge in [-0.1, -0.05) is 24.4 Å². The van der Waals surface area contributed by atoms with E-state index in [0.29, 0.717) is 16.3 Å². The van der Waals surface area contributed by atoms with Crippen LogP contribution in [0.1, 0.15) is 5.56 Å². The van der Waals surface area contributed by atoms with E-state index in [1.165, 1.54) is 0 Å². The second-order valence-electron chi connectivity index (χ2n) is 3.09. The minimum atomic E-state index is 0.296. The fourth-order valence-electron chi connectivity index (χ4n) is 1.51. The van der Waals surface area contributed by atoms with E-state index in [-0.39, 0.29) is 0 Å². The van der Waals surface area contributed by atoms with E-state index >= 15 is 0 Å². The Morgan fingerprint density at radius 3 is 2.80 bits per heavy atom. The summed E-state index contributed by atoms with van der Waals surface area (Å²) in [5.41, 5.74) is 7.13. The molecule has 0 aliphatic rings. The van der Waals surface area contributed by atoms with Gasteiger partial charge in [0.1, 0.15) is 10.7 Å². The molecule has 1 aromatic heterocycles. The molecule has 0 unspecified atom stereocenters. The van der Waals surface area contributed by atoms with E-state index in [2.05, 4.69) is 4.98 Å². The number of ether oxygens (including phenoxy) is 1. The number of fused-ring (bicyclic) bond motifs is 1. The van der Waals surface area contributed by atoms with Crippen LogP contribution in [0.25, 0.3) is 10.9 Å². The Kier molecular flexibility index (Phi) is 2.51. The summed E-state index contributed by atoms with van der Waals surface area (Å²) < 4.78 is 5.31. The maximum absolute atomic E-state index is 5.59. The second kappa shape index (κ2) is 3.82. The first-order valence-corrected chi connectivity index (χ1v) is 4.86. The van der Waals surface area contributed by atoms with Gasteiger partial charge in [-0.05, 0) is 12.1 Å². The lowest BCUT2D eigenvalue weighted by Gasteiger charge is -2.09. The number of thiocarbonyl (C=S) groups is 1. The predicted octanol–water partition coefficient (Wildman–Crippen LogP) is 1.88. The van der Waals surface area contributed by atoms with Crippen LogP contribution in [0.3, 0.4) is 0 Å². The van der Waals surface area contributed by atoms with E-state index in [4.69, 9.17) is 22.7 Å². The maximum atomic E-state index is 5.59. The summed E-state index contributed by atoms with van der Waals surface area (Å²) in [6.45, 7) is 0. The van der Waals surface area contributed by atoms with E-state index in [1.807, 2.05) is 24.3 Å². The van der Waals surface area contributed by atoms with Crippen LogP contribution >= 0.6 is 12.2 Å². The van der Waals surface area contributed by atoms with Crippen LogP contribution in [-0.2, 0) is 0 Å². The molecule has 2 N–H and O–H groups in total. The fourth-order valence-corrected chi connectivity index (χ4v) is 1.66. The van der Waals surface area contributed by atoms with Crippen LogP contribution < -0.4 is 10.5 Å². The Morgan fingerprint density at radius 1 is 1.40 bits per heavy atom. The van der Waals surface area contributed by atoms with Gasteiger partial charge in [0.2, 0.25) is 0 Å². The third-order valence-corrected chi connectivity index (χ3v) is 2.42. The summed E-state index contributed by atoms with van der Waals surface area (Å²) in [7, 11) is 1.60. The third kappa shape index (κ3) is 1.64. The minimum absolute atomic E-state index is 0.296. The van der Waals surface area contributed by atoms with Crippen molar-refractivity contribution in [2.24, 2.45) is 5.73 Å². The number of nitrogens with two attached hydrogens (primary N) is 1. The lowest BCUT2D eigenvalue weighted by molar-refractivity contribution is 0.418. The van der Waals surface area contributed by atoms with Crippen LogP contribution in [0.4, 0.5) is 0 Å². The highest BCUT2D eigenvalue weighted by Crippen LogP contribution is 2.27. The van der Waals surface area contributed by atoms with Crippen LogP contribution in [0.2, 0.25) is 0 Å². The number of benzene rings is 1. The highest BCUT2D eigenvalue weighted by Gasteiger charge is 2.10. The molecule has 0 saturated carbocycles. The van der Waals surface area contributed by atoms with Gasteiger partial charge in [-0.2, -0.15) is 0 Å². The van der Waals surface area contributed by atoms with Crippen LogP contribution in [0.5, 0.6) is 5.75 Å². The zero-order valence-electron chi connectivity index (χ0n) is 8.23. The van der Waals surface area contributed by atoms with Crippen LogP contribution in [0, 0.1) is 0 Å². The fraction of sp³-hybridized carbons (Fsp3) is 0.0909. The minimum Gasteiger partial charge on any atom is -0.495 e. The number of aromatic nitrogens is 1. The molecule has 0 amide bonds. The van der Waals surface area contributed by atoms with E-state index in [0.717, 1.165) is 10.9 Å². The Morgan fingerprint density at radius 2 is 2.13 bits per heavy atom. The molecular formula is C11H10N2OS. The molecule has 76 valence electrons. The van der Waals surface area contributed by atoms with Crippen molar-refractivity contribution in [3.8, 4) is 5.75 Å². The number of hydrogen-bond donors (Lipinski definition) is 1. The molecule has 0 aliphatic heterocycles. The third-order valence-electron chi connectivity index (χ3n) is 2.20. The molecule has 1 heterocycles. The smallest absolute Gasteiger partial charge is 0.139 e. The summed E-state index contributed by atoms with van der Waals surface area (Å²) in [6.07, 6.45) is 1.64. The number of para-hydroxylation sites is 1. The van der Waals surface area contributed by atoms with Gasteiger partial charge in [0.15, 0.2) is 0 Å². The van der Waals surface area contributed by atoms with Crippen molar-refractivity contribution in [2.45, 2.75) is 0 Å². The van der Waals surface area contributed by atoms with Crippen molar-refractivity contribution in [1.29, 1.82) is 0 Å². The molecule has 3 nitrogen and oxygen atoms in total. The Labute approximate surface area is 92.9 Å². The first-order valence-electron chi connectivity index (χ1n) is 4.45. The Bertz CT molecular complexity index is 525. The Hall–Kier alpha value is -1.68. The lowest BCUT2D eigenvalue weighted by atomic mass is 10.1. The quantitative estimate of drug-likeness (QED) is 0.782. The van der Waals surface area contributed by atoms with E-state index in [9.17, 15) is 0 Å². The highest BCUT2D eigenvalue weighted by molar-refractivity contribution is 7.80. The second-order valence-corrected chi connectivity index (χ2v) is 3.53. The molecule has 0 spiro atoms. The largest absolute Gasteiger partial charge is 0.495 e. The monoisotopic (exact) mass is 218 g/mol. The van der Waals surface area contributed by atoms with Crippen molar-refractivity contribution in [3.63, 3.8) is 0 Å². The maximum Gasteiger partial charge on any atom is 0.139 e. The van der Waals surface area contributed by atoms with Crippen molar-refractivity contribution < 1.29 is 4.74 Å². The normalized spacial score (nSPS) is 10.2. The van der Waals surface area contributed by atoms with Gasteiger partial charge in [0.05, 0.1) is 18.2 Å². The summed E-state index contributed by atoms with van der Waals surface area (Å²) in [6, 6.07) is 7.70. The van der Waals surface area contributed by atoms with Gasteiger partial charge in [-0.25, -0.2) is 0 Å². The molecule has 0 atom stereocenters. The van der Waals surface area contributed by atoms with Gasteiger partial charge in [-0.15, -0.1) is 0 Å². The molecule has 0 saturated heterocycles. The molecule has 0 radical (unpaired) electrons. The molecule has 0 fully saturated rings. The average molecular weight is 218 g/mol. The van der Waals surface area contributed by atoms with Crippen molar-refractivity contribution >= 4 is 28.1 Å². The molecule has 4 heteroatoms. The zero-order chi connectivity index (χ0) is 10.8. The number of methoxy groups -OCH3 is 1. The lowest BCUT2D eigenvalue weighted by Crippen LogP contribution is -2.11. The summed E-state index contributed by atoms with van der Waals surface area (Å²) in [4.78, 5) is 4.56. The Balaban J connectivity index is 2.81. The summed E-state index contributed by atoms with van der Waals surface area (Å²) in [5, 5.41) is 0.922. The summed E-state index contributed by atoms with van der Waals surface area (Å²) >= 11 is 4.94. The summed E-state index contributed by atoms with van der Waals surface area (Å²) in [5.74, 6) is 0.688. The van der Waals surface area contributed by atoms with Crippen molar-refractivity contribution in [2.75, 3.05) is 7.11 Å². The molecule has 0 bridgehead atoms. The average Bonchev–Trinajstić information content (AvgIpc) is 2.27. The molecule has 1 aromatic carbocycles. The van der Waals surface area contributed by atoms with E-state index in [1.54, 1.807) is 13.3 Å². The molecule has 2 rings (SSSR count). The van der Waals surface area contributed by atoms with Gasteiger partial charge in [0.25, 0.3) is 0 Å². The predicted molar refractivity (Wildman–Crippen MR) is 64.2 cm³/mol. The standard InChI is InChI=1S/C11H10N2OS/c1-14-10-7-4-2-3-5-9(7)13-6-8(10)11(12)15/h2-6H,1H3,(H2,12,15). The number of pyridine rings is 1. The van der Waals surface area contributed by atoms with Gasteiger partial charge in [-0.3, -0.25) is 4.98 Å². The molecular weight excluding hydrogens is 208 g/mol. The first kappa shape index (κ1) is 9.86. The zero-order valence-corrected chi connectivity index (χ0v) is 9.04. The van der Waals surface area contributed by atoms with Gasteiger partial charge < -0.3 is 10.5 Å². The van der Waals surface area contributed by atoms with Gasteiger partial charge >= 0.3 is 0 Å². The number of rotatable bonds is 2.